The van der Waals surface area contributed by atoms with Crippen molar-refractivity contribution < 1.29 is 14.1 Å². The van der Waals surface area contributed by atoms with Crippen molar-refractivity contribution in [1.82, 2.24) is 19.2 Å². The number of benzene rings is 1. The van der Waals surface area contributed by atoms with Gasteiger partial charge in [0.05, 0.1) is 27.8 Å². The zero-order valence-electron chi connectivity index (χ0n) is 20.5. The fourth-order valence-corrected chi connectivity index (χ4v) is 4.96. The van der Waals surface area contributed by atoms with E-state index in [2.05, 4.69) is 17.0 Å². The molecule has 2 aromatic rings. The summed E-state index contributed by atoms with van der Waals surface area (Å²) in [4.78, 5) is 39.2. The number of aromatic nitrogens is 2. The number of carbonyl (C=O) groups excluding carboxylic acids is 1. The molecular weight excluding hydrogens is 456 g/mol. The van der Waals surface area contributed by atoms with Crippen LogP contribution in [0.15, 0.2) is 32.7 Å². The predicted molar refractivity (Wildman–Crippen MR) is 131 cm³/mol. The molecule has 0 saturated heterocycles. The first-order valence-corrected chi connectivity index (χ1v) is 12.9. The first-order chi connectivity index (χ1) is 15.8. The van der Waals surface area contributed by atoms with Crippen LogP contribution in [-0.4, -0.2) is 37.5 Å². The maximum atomic E-state index is 13.3. The lowest BCUT2D eigenvalue weighted by Gasteiger charge is -2.20. The van der Waals surface area contributed by atoms with Crippen LogP contribution in [0.5, 0.6) is 0 Å². The molecule has 34 heavy (non-hydrogen) atoms. The number of hydrogen-bond donors (Lipinski definition) is 2. The van der Waals surface area contributed by atoms with Crippen LogP contribution in [0.3, 0.4) is 0 Å². The third-order valence-corrected chi connectivity index (χ3v) is 7.76. The highest BCUT2D eigenvalue weighted by molar-refractivity contribution is 7.89. The van der Waals surface area contributed by atoms with Crippen molar-refractivity contribution in [3.8, 4) is 0 Å². The fourth-order valence-electron chi connectivity index (χ4n) is 3.78. The van der Waals surface area contributed by atoms with E-state index in [0.29, 0.717) is 22.3 Å². The SMILES string of the molecule is CC1(Cn2c(=O)n(CCNC(=O)OC(C)(C)C)c(=O)c3cc([S+]([O-])NC4(C)CC4)ccc32)CC1. The lowest BCUT2D eigenvalue weighted by molar-refractivity contribution is 0.0525. The summed E-state index contributed by atoms with van der Waals surface area (Å²) >= 11 is -1.46. The normalized spacial score (nSPS) is 19.0. The molecule has 0 bridgehead atoms. The van der Waals surface area contributed by atoms with Crippen LogP contribution >= 0.6 is 0 Å². The van der Waals surface area contributed by atoms with Gasteiger partial charge in [0, 0.05) is 25.7 Å². The van der Waals surface area contributed by atoms with Gasteiger partial charge in [0.25, 0.3) is 5.56 Å². The number of ether oxygens (including phenoxy) is 1. The molecule has 2 aliphatic rings. The number of nitrogens with zero attached hydrogens (tertiary/aromatic N) is 2. The monoisotopic (exact) mass is 490 g/mol. The largest absolute Gasteiger partial charge is 0.593 e. The van der Waals surface area contributed by atoms with E-state index in [1.54, 1.807) is 43.5 Å². The number of fused-ring (bicyclic) bond motifs is 1. The summed E-state index contributed by atoms with van der Waals surface area (Å²) in [5.74, 6) is 0. The zero-order valence-corrected chi connectivity index (χ0v) is 21.3. The van der Waals surface area contributed by atoms with Crippen LogP contribution in [0.4, 0.5) is 4.79 Å². The minimum absolute atomic E-state index is 0.00714. The zero-order chi connectivity index (χ0) is 24.9. The van der Waals surface area contributed by atoms with Gasteiger partial charge in [0.1, 0.15) is 5.60 Å². The van der Waals surface area contributed by atoms with Gasteiger partial charge in [0.2, 0.25) is 0 Å². The molecule has 4 rings (SSSR count). The molecule has 2 N–H and O–H groups in total. The van der Waals surface area contributed by atoms with Crippen LogP contribution in [0.2, 0.25) is 0 Å². The molecule has 1 aromatic heterocycles. The molecule has 0 radical (unpaired) electrons. The third kappa shape index (κ3) is 5.67. The Morgan fingerprint density at radius 2 is 1.82 bits per heavy atom. The molecule has 1 amide bonds. The summed E-state index contributed by atoms with van der Waals surface area (Å²) in [6.45, 7) is 10.00. The molecule has 2 saturated carbocycles. The van der Waals surface area contributed by atoms with Gasteiger partial charge in [-0.25, -0.2) is 9.59 Å². The Hall–Kier alpha value is -2.30. The second kappa shape index (κ2) is 8.73. The van der Waals surface area contributed by atoms with Crippen molar-refractivity contribution in [1.29, 1.82) is 0 Å². The summed E-state index contributed by atoms with van der Waals surface area (Å²) in [7, 11) is 0. The van der Waals surface area contributed by atoms with Gasteiger partial charge < -0.3 is 14.6 Å². The highest BCUT2D eigenvalue weighted by atomic mass is 32.2. The number of amides is 1. The van der Waals surface area contributed by atoms with E-state index in [1.165, 1.54) is 0 Å². The van der Waals surface area contributed by atoms with Crippen molar-refractivity contribution in [2.45, 2.75) is 89.4 Å². The van der Waals surface area contributed by atoms with E-state index in [-0.39, 0.29) is 24.0 Å². The van der Waals surface area contributed by atoms with Crippen molar-refractivity contribution in [3.63, 3.8) is 0 Å². The van der Waals surface area contributed by atoms with Crippen LogP contribution in [0.1, 0.15) is 60.3 Å². The summed E-state index contributed by atoms with van der Waals surface area (Å²) < 4.78 is 24.0. The van der Waals surface area contributed by atoms with Gasteiger partial charge in [-0.15, -0.1) is 4.72 Å². The standard InChI is InChI=1S/C24H34N4O5S/c1-22(2,3)33-20(30)25-12-13-27-19(29)17-14-16(34(32)26-24(5)10-11-24)6-7-18(17)28(21(27)31)15-23(4)8-9-23/h6-7,14,26H,8-13,15H2,1-5H3,(H,25,30). The first kappa shape index (κ1) is 24.8. The van der Waals surface area contributed by atoms with Crippen LogP contribution in [-0.2, 0) is 29.2 Å². The summed E-state index contributed by atoms with van der Waals surface area (Å²) in [6.07, 6.45) is 3.35. The van der Waals surface area contributed by atoms with Crippen molar-refractivity contribution in [3.05, 3.63) is 39.0 Å². The highest BCUT2D eigenvalue weighted by Gasteiger charge is 2.42. The molecular formula is C24H34N4O5S. The van der Waals surface area contributed by atoms with Crippen molar-refractivity contribution in [2.75, 3.05) is 6.54 Å². The summed E-state index contributed by atoms with van der Waals surface area (Å²) in [5.41, 5.74) is -1.08. The molecule has 9 nitrogen and oxygen atoms in total. The van der Waals surface area contributed by atoms with Crippen molar-refractivity contribution in [2.24, 2.45) is 5.41 Å². The van der Waals surface area contributed by atoms with Gasteiger partial charge in [-0.05, 0) is 70.9 Å². The third-order valence-electron chi connectivity index (χ3n) is 6.40. The van der Waals surface area contributed by atoms with E-state index >= 15 is 0 Å². The highest BCUT2D eigenvalue weighted by Crippen LogP contribution is 2.46. The topological polar surface area (TPSA) is 117 Å². The quantitative estimate of drug-likeness (QED) is 0.550. The Morgan fingerprint density at radius 3 is 2.41 bits per heavy atom. The second-order valence-corrected chi connectivity index (χ2v) is 12.4. The lowest BCUT2D eigenvalue weighted by atomic mass is 10.1. The predicted octanol–water partition coefficient (Wildman–Crippen LogP) is 2.65. The summed E-state index contributed by atoms with van der Waals surface area (Å²) in [5, 5.41) is 2.95. The molecule has 2 aliphatic carbocycles. The Kier molecular flexibility index (Phi) is 6.37. The number of alkyl carbamates (subject to hydrolysis) is 1. The van der Waals surface area contributed by atoms with E-state index < -0.39 is 34.3 Å². The van der Waals surface area contributed by atoms with E-state index in [4.69, 9.17) is 4.74 Å². The number of nitrogens with one attached hydrogen (secondary N) is 2. The minimum atomic E-state index is -1.46. The second-order valence-electron chi connectivity index (χ2n) is 11.2. The van der Waals surface area contributed by atoms with Gasteiger partial charge in [-0.3, -0.25) is 13.9 Å². The number of hydrogen-bond acceptors (Lipinski definition) is 6. The van der Waals surface area contributed by atoms with Gasteiger partial charge >= 0.3 is 11.8 Å². The molecule has 1 heterocycles. The molecule has 0 aliphatic heterocycles. The van der Waals surface area contributed by atoms with Crippen LogP contribution in [0, 0.1) is 5.41 Å². The number of rotatable bonds is 8. The molecule has 1 aromatic carbocycles. The van der Waals surface area contributed by atoms with E-state index in [1.807, 2.05) is 6.92 Å². The Morgan fingerprint density at radius 1 is 1.15 bits per heavy atom. The van der Waals surface area contributed by atoms with Crippen LogP contribution in [0.25, 0.3) is 10.9 Å². The molecule has 186 valence electrons. The fraction of sp³-hybridized carbons (Fsp3) is 0.625. The molecule has 1 atom stereocenters. The summed E-state index contributed by atoms with van der Waals surface area (Å²) in [6, 6.07) is 5.06. The Bertz CT molecular complexity index is 1220. The Labute approximate surface area is 202 Å². The molecule has 10 heteroatoms. The van der Waals surface area contributed by atoms with Gasteiger partial charge in [0.15, 0.2) is 4.90 Å². The maximum Gasteiger partial charge on any atom is 0.407 e. The van der Waals surface area contributed by atoms with Crippen molar-refractivity contribution >= 4 is 28.4 Å². The lowest BCUT2D eigenvalue weighted by Crippen LogP contribution is -2.44. The molecule has 0 spiro atoms. The Balaban J connectivity index is 1.66. The van der Waals surface area contributed by atoms with Gasteiger partial charge in [-0.1, -0.05) is 6.92 Å². The van der Waals surface area contributed by atoms with E-state index in [0.717, 1.165) is 30.3 Å². The molecule has 1 unspecified atom stereocenters. The maximum absolute atomic E-state index is 13.3. The number of carbonyl (C=O) groups is 1. The average molecular weight is 491 g/mol. The van der Waals surface area contributed by atoms with E-state index in [9.17, 15) is 18.9 Å². The average Bonchev–Trinajstić information content (AvgIpc) is 3.65. The smallest absolute Gasteiger partial charge is 0.407 e. The first-order valence-electron chi connectivity index (χ1n) is 11.7. The van der Waals surface area contributed by atoms with Crippen LogP contribution < -0.4 is 21.3 Å². The van der Waals surface area contributed by atoms with Gasteiger partial charge in [-0.2, -0.15) is 0 Å². The molecule has 2 fully saturated rings. The minimum Gasteiger partial charge on any atom is -0.593 e.